The Morgan fingerprint density at radius 2 is 2.25 bits per heavy atom. The number of nitrogens with zero attached hydrogens (tertiary/aromatic N) is 2. The summed E-state index contributed by atoms with van der Waals surface area (Å²) in [5.41, 5.74) is -0.0633. The van der Waals surface area contributed by atoms with Crippen molar-refractivity contribution >= 4 is 17.3 Å². The molecule has 0 amide bonds. The molecule has 0 bridgehead atoms. The number of likely N-dealkylation sites (N-methyl/N-ethyl adjacent to an activating group) is 1. The Kier molecular flexibility index (Phi) is 3.89. The third-order valence-electron chi connectivity index (χ3n) is 3.65. The van der Waals surface area contributed by atoms with Gasteiger partial charge in [0.2, 0.25) is 0 Å². The Labute approximate surface area is 115 Å². The highest BCUT2D eigenvalue weighted by molar-refractivity contribution is 5.93. The zero-order valence-electron chi connectivity index (χ0n) is 11.3. The van der Waals surface area contributed by atoms with Gasteiger partial charge in [-0.25, -0.2) is 4.79 Å². The summed E-state index contributed by atoms with van der Waals surface area (Å²) in [5.74, 6) is -1.30. The topological polar surface area (TPSA) is 92.9 Å². The zero-order valence-corrected chi connectivity index (χ0v) is 11.3. The summed E-state index contributed by atoms with van der Waals surface area (Å²) in [6.07, 6.45) is 0.889. The van der Waals surface area contributed by atoms with Crippen molar-refractivity contribution in [1.82, 2.24) is 0 Å². The SMILES string of the molecule is CC1OCCC1N(C)c1ccc([N+](=O)[O-])c(C(=O)O)c1. The number of carbonyl (C=O) groups is 1. The molecule has 7 heteroatoms. The minimum Gasteiger partial charge on any atom is -0.477 e. The van der Waals surface area contributed by atoms with E-state index in [-0.39, 0.29) is 17.7 Å². The van der Waals surface area contributed by atoms with Crippen molar-refractivity contribution in [1.29, 1.82) is 0 Å². The van der Waals surface area contributed by atoms with Gasteiger partial charge in [-0.15, -0.1) is 0 Å². The maximum Gasteiger partial charge on any atom is 0.342 e. The standard InChI is InChI=1S/C13H16N2O5/c1-8-11(5-6-20-8)14(2)9-3-4-12(15(18)19)10(7-9)13(16)17/h3-4,7-8,11H,5-6H2,1-2H3,(H,16,17). The largest absolute Gasteiger partial charge is 0.477 e. The van der Waals surface area contributed by atoms with Gasteiger partial charge in [0.15, 0.2) is 0 Å². The van der Waals surface area contributed by atoms with Gasteiger partial charge in [0.1, 0.15) is 5.56 Å². The first-order valence-corrected chi connectivity index (χ1v) is 6.28. The lowest BCUT2D eigenvalue weighted by Crippen LogP contribution is -2.36. The van der Waals surface area contributed by atoms with E-state index in [1.165, 1.54) is 12.1 Å². The second-order valence-corrected chi connectivity index (χ2v) is 4.81. The third-order valence-corrected chi connectivity index (χ3v) is 3.65. The number of rotatable bonds is 4. The number of nitro groups is 1. The van der Waals surface area contributed by atoms with Gasteiger partial charge in [0.05, 0.1) is 17.1 Å². The molecule has 0 saturated carbocycles. The molecule has 1 fully saturated rings. The second-order valence-electron chi connectivity index (χ2n) is 4.81. The summed E-state index contributed by atoms with van der Waals surface area (Å²) in [4.78, 5) is 23.2. The molecule has 0 aliphatic carbocycles. The molecule has 2 unspecified atom stereocenters. The number of aromatic carboxylic acids is 1. The second kappa shape index (κ2) is 5.46. The Balaban J connectivity index is 2.35. The van der Waals surface area contributed by atoms with Crippen molar-refractivity contribution in [3.05, 3.63) is 33.9 Å². The van der Waals surface area contributed by atoms with E-state index >= 15 is 0 Å². The van der Waals surface area contributed by atoms with Gasteiger partial charge in [-0.05, 0) is 25.5 Å². The number of hydrogen-bond donors (Lipinski definition) is 1. The molecule has 1 saturated heterocycles. The van der Waals surface area contributed by atoms with Crippen molar-refractivity contribution < 1.29 is 19.6 Å². The molecule has 1 aromatic rings. The highest BCUT2D eigenvalue weighted by Crippen LogP contribution is 2.28. The Bertz CT molecular complexity index is 546. The molecule has 1 N–H and O–H groups in total. The predicted octanol–water partition coefficient (Wildman–Crippen LogP) is 1.91. The lowest BCUT2D eigenvalue weighted by molar-refractivity contribution is -0.385. The predicted molar refractivity (Wildman–Crippen MR) is 72.3 cm³/mol. The summed E-state index contributed by atoms with van der Waals surface area (Å²) in [5, 5.41) is 19.9. The minimum absolute atomic E-state index is 0.0449. The van der Waals surface area contributed by atoms with Crippen LogP contribution in [0.5, 0.6) is 0 Å². The van der Waals surface area contributed by atoms with Crippen LogP contribution in [0.15, 0.2) is 18.2 Å². The number of carboxylic acid groups (broad SMARTS) is 1. The molecule has 0 aromatic heterocycles. The van der Waals surface area contributed by atoms with Crippen LogP contribution >= 0.6 is 0 Å². The summed E-state index contributed by atoms with van der Waals surface area (Å²) in [7, 11) is 1.84. The van der Waals surface area contributed by atoms with E-state index in [1.807, 2.05) is 18.9 Å². The quantitative estimate of drug-likeness (QED) is 0.669. The number of benzene rings is 1. The third kappa shape index (κ3) is 2.57. The zero-order chi connectivity index (χ0) is 14.9. The minimum atomic E-state index is -1.30. The number of ether oxygens (including phenoxy) is 1. The van der Waals surface area contributed by atoms with Crippen LogP contribution in [0.3, 0.4) is 0 Å². The van der Waals surface area contributed by atoms with Crippen molar-refractivity contribution in [2.75, 3.05) is 18.6 Å². The van der Waals surface area contributed by atoms with Gasteiger partial charge in [-0.1, -0.05) is 0 Å². The summed E-state index contributed by atoms with van der Waals surface area (Å²) >= 11 is 0. The average molecular weight is 280 g/mol. The smallest absolute Gasteiger partial charge is 0.342 e. The van der Waals surface area contributed by atoms with Gasteiger partial charge >= 0.3 is 5.97 Å². The molecule has 2 rings (SSSR count). The molecule has 1 aliphatic rings. The lowest BCUT2D eigenvalue weighted by atomic mass is 10.1. The van der Waals surface area contributed by atoms with Crippen LogP contribution in [0, 0.1) is 10.1 Å². The first-order chi connectivity index (χ1) is 9.41. The van der Waals surface area contributed by atoms with Gasteiger partial charge < -0.3 is 14.7 Å². The fourth-order valence-electron chi connectivity index (χ4n) is 2.49. The van der Waals surface area contributed by atoms with Crippen molar-refractivity contribution in [3.8, 4) is 0 Å². The maximum atomic E-state index is 11.1. The molecule has 1 aliphatic heterocycles. The van der Waals surface area contributed by atoms with Crippen LogP contribution in [0.25, 0.3) is 0 Å². The monoisotopic (exact) mass is 280 g/mol. The number of hydrogen-bond acceptors (Lipinski definition) is 5. The number of carboxylic acids is 1. The van der Waals surface area contributed by atoms with Crippen LogP contribution < -0.4 is 4.90 Å². The summed E-state index contributed by atoms with van der Waals surface area (Å²) < 4.78 is 5.48. The van der Waals surface area contributed by atoms with Crippen LogP contribution in [0.2, 0.25) is 0 Å². The fourth-order valence-corrected chi connectivity index (χ4v) is 2.49. The van der Waals surface area contributed by atoms with Gasteiger partial charge in [0.25, 0.3) is 5.69 Å². The van der Waals surface area contributed by atoms with Crippen molar-refractivity contribution in [2.45, 2.75) is 25.5 Å². The Morgan fingerprint density at radius 3 is 2.75 bits per heavy atom. The lowest BCUT2D eigenvalue weighted by Gasteiger charge is -2.28. The number of nitro benzene ring substituents is 1. The number of anilines is 1. The summed E-state index contributed by atoms with van der Waals surface area (Å²) in [6, 6.07) is 4.27. The van der Waals surface area contributed by atoms with Crippen molar-refractivity contribution in [2.24, 2.45) is 0 Å². The Hall–Kier alpha value is -2.15. The fraction of sp³-hybridized carbons (Fsp3) is 0.462. The molecular weight excluding hydrogens is 264 g/mol. The molecule has 0 radical (unpaired) electrons. The van der Waals surface area contributed by atoms with Gasteiger partial charge in [0, 0.05) is 25.4 Å². The average Bonchev–Trinajstić information content (AvgIpc) is 2.83. The molecule has 20 heavy (non-hydrogen) atoms. The van der Waals surface area contributed by atoms with E-state index in [0.717, 1.165) is 6.42 Å². The van der Waals surface area contributed by atoms with Crippen LogP contribution in [-0.2, 0) is 4.74 Å². The van der Waals surface area contributed by atoms with E-state index in [0.29, 0.717) is 12.3 Å². The highest BCUT2D eigenvalue weighted by Gasteiger charge is 2.29. The first kappa shape index (κ1) is 14.3. The molecule has 1 aromatic carbocycles. The summed E-state index contributed by atoms with van der Waals surface area (Å²) in [6.45, 7) is 2.62. The van der Waals surface area contributed by atoms with E-state index in [2.05, 4.69) is 0 Å². The molecule has 2 atom stereocenters. The molecular formula is C13H16N2O5. The molecule has 0 spiro atoms. The maximum absolute atomic E-state index is 11.1. The van der Waals surface area contributed by atoms with Gasteiger partial charge in [-0.2, -0.15) is 0 Å². The van der Waals surface area contributed by atoms with E-state index in [9.17, 15) is 14.9 Å². The molecule has 108 valence electrons. The Morgan fingerprint density at radius 1 is 1.55 bits per heavy atom. The van der Waals surface area contributed by atoms with Crippen LogP contribution in [-0.4, -0.2) is 41.8 Å². The van der Waals surface area contributed by atoms with E-state index < -0.39 is 16.6 Å². The molecule has 7 nitrogen and oxygen atoms in total. The highest BCUT2D eigenvalue weighted by atomic mass is 16.6. The van der Waals surface area contributed by atoms with Crippen molar-refractivity contribution in [3.63, 3.8) is 0 Å². The van der Waals surface area contributed by atoms with Gasteiger partial charge in [-0.3, -0.25) is 10.1 Å². The normalized spacial score (nSPS) is 21.7. The van der Waals surface area contributed by atoms with E-state index in [1.54, 1.807) is 6.07 Å². The van der Waals surface area contributed by atoms with Crippen LogP contribution in [0.4, 0.5) is 11.4 Å². The first-order valence-electron chi connectivity index (χ1n) is 6.28. The van der Waals surface area contributed by atoms with E-state index in [4.69, 9.17) is 9.84 Å². The molecule has 1 heterocycles. The van der Waals surface area contributed by atoms with Crippen LogP contribution in [0.1, 0.15) is 23.7 Å².